The molecule has 0 saturated heterocycles. The van der Waals surface area contributed by atoms with Crippen LogP contribution in [0.2, 0.25) is 0 Å². The van der Waals surface area contributed by atoms with Gasteiger partial charge in [-0.2, -0.15) is 0 Å². The SMILES string of the molecule is O=C(/C=C/S(=O)(=O)c1ccccc1)c1c(C2CC2)nc2ccccc2c1-c1ccc(F)cc1. The number of halogens is 1. The number of carbonyl (C=O) groups is 1. The maximum atomic E-state index is 13.6. The average Bonchev–Trinajstić information content (AvgIpc) is 3.68. The third-order valence-corrected chi connectivity index (χ3v) is 7.16. The Bertz CT molecular complexity index is 1490. The van der Waals surface area contributed by atoms with Crippen LogP contribution >= 0.6 is 0 Å². The summed E-state index contributed by atoms with van der Waals surface area (Å²) in [5.74, 6) is -0.665. The van der Waals surface area contributed by atoms with Gasteiger partial charge >= 0.3 is 0 Å². The predicted molar refractivity (Wildman–Crippen MR) is 126 cm³/mol. The molecule has 1 heterocycles. The van der Waals surface area contributed by atoms with E-state index in [9.17, 15) is 17.6 Å². The first-order valence-electron chi connectivity index (χ1n) is 10.7. The third-order valence-electron chi connectivity index (χ3n) is 5.73. The summed E-state index contributed by atoms with van der Waals surface area (Å²) >= 11 is 0. The van der Waals surface area contributed by atoms with Crippen LogP contribution in [0.25, 0.3) is 22.0 Å². The molecule has 0 amide bonds. The Hall–Kier alpha value is -3.64. The predicted octanol–water partition coefficient (Wildman–Crippen LogP) is 6.09. The fourth-order valence-electron chi connectivity index (χ4n) is 3.97. The fraction of sp³-hybridized carbons (Fsp3) is 0.111. The van der Waals surface area contributed by atoms with Crippen LogP contribution in [0.4, 0.5) is 4.39 Å². The van der Waals surface area contributed by atoms with E-state index in [1.54, 1.807) is 30.3 Å². The number of fused-ring (bicyclic) bond motifs is 1. The van der Waals surface area contributed by atoms with Crippen LogP contribution in [0, 0.1) is 5.82 Å². The standard InChI is InChI=1S/C27H20FNO3S/c28-20-14-12-18(13-15-20)25-22-8-4-5-9-23(22)29-27(19-10-11-19)26(25)24(30)16-17-33(31,32)21-6-2-1-3-7-21/h1-9,12-17,19H,10-11H2/b17-16+. The molecular formula is C27H20FNO3S. The van der Waals surface area contributed by atoms with E-state index in [1.165, 1.54) is 24.3 Å². The molecule has 33 heavy (non-hydrogen) atoms. The van der Waals surface area contributed by atoms with E-state index < -0.39 is 15.6 Å². The van der Waals surface area contributed by atoms with Gasteiger partial charge in [-0.25, -0.2) is 12.8 Å². The minimum absolute atomic E-state index is 0.117. The lowest BCUT2D eigenvalue weighted by Crippen LogP contribution is -2.08. The van der Waals surface area contributed by atoms with Gasteiger partial charge < -0.3 is 0 Å². The zero-order chi connectivity index (χ0) is 23.0. The molecule has 4 nitrogen and oxygen atoms in total. The highest BCUT2D eigenvalue weighted by Gasteiger charge is 2.32. The van der Waals surface area contributed by atoms with E-state index in [4.69, 9.17) is 4.98 Å². The zero-order valence-corrected chi connectivity index (χ0v) is 18.4. The number of benzene rings is 3. The Balaban J connectivity index is 1.70. The number of pyridine rings is 1. The van der Waals surface area contributed by atoms with Crippen molar-refractivity contribution in [3.8, 4) is 11.1 Å². The molecule has 5 rings (SSSR count). The number of rotatable bonds is 6. The molecule has 1 aliphatic rings. The number of aromatic nitrogens is 1. The minimum atomic E-state index is -3.78. The van der Waals surface area contributed by atoms with Crippen molar-refractivity contribution in [2.45, 2.75) is 23.7 Å². The monoisotopic (exact) mass is 457 g/mol. The van der Waals surface area contributed by atoms with Crippen LogP contribution in [0.1, 0.15) is 34.8 Å². The van der Waals surface area contributed by atoms with Crippen LogP contribution in [0.15, 0.2) is 95.2 Å². The highest BCUT2D eigenvalue weighted by molar-refractivity contribution is 7.94. The molecule has 0 bridgehead atoms. The number of sulfone groups is 1. The smallest absolute Gasteiger partial charge is 0.199 e. The van der Waals surface area contributed by atoms with Gasteiger partial charge in [0, 0.05) is 22.3 Å². The fourth-order valence-corrected chi connectivity index (χ4v) is 4.97. The Morgan fingerprint density at radius 2 is 1.58 bits per heavy atom. The van der Waals surface area contributed by atoms with Crippen molar-refractivity contribution in [3.05, 3.63) is 107 Å². The number of para-hydroxylation sites is 1. The van der Waals surface area contributed by atoms with Gasteiger partial charge in [-0.3, -0.25) is 9.78 Å². The average molecular weight is 458 g/mol. The van der Waals surface area contributed by atoms with Gasteiger partial charge in [-0.05, 0) is 54.8 Å². The number of carbonyl (C=O) groups excluding carboxylic acids is 1. The molecule has 164 valence electrons. The van der Waals surface area contributed by atoms with E-state index in [-0.39, 0.29) is 16.6 Å². The van der Waals surface area contributed by atoms with Crippen molar-refractivity contribution < 1.29 is 17.6 Å². The minimum Gasteiger partial charge on any atom is -0.289 e. The Morgan fingerprint density at radius 1 is 0.909 bits per heavy atom. The van der Waals surface area contributed by atoms with Gasteiger partial charge in [-0.15, -0.1) is 0 Å². The lowest BCUT2D eigenvalue weighted by atomic mass is 9.90. The van der Waals surface area contributed by atoms with Crippen LogP contribution in [0.3, 0.4) is 0 Å². The quantitative estimate of drug-likeness (QED) is 0.260. The largest absolute Gasteiger partial charge is 0.289 e. The first-order chi connectivity index (χ1) is 15.9. The number of hydrogen-bond donors (Lipinski definition) is 0. The second kappa shape index (κ2) is 8.37. The van der Waals surface area contributed by atoms with Crippen LogP contribution in [0.5, 0.6) is 0 Å². The molecule has 0 N–H and O–H groups in total. The number of ketones is 1. The van der Waals surface area contributed by atoms with Crippen molar-refractivity contribution in [1.29, 1.82) is 0 Å². The first-order valence-corrected chi connectivity index (χ1v) is 12.2. The number of nitrogens with zero attached hydrogens (tertiary/aromatic N) is 1. The summed E-state index contributed by atoms with van der Waals surface area (Å²) in [6.07, 6.45) is 2.94. The van der Waals surface area contributed by atoms with Crippen molar-refractivity contribution in [1.82, 2.24) is 4.98 Å². The maximum absolute atomic E-state index is 13.6. The molecule has 3 aromatic carbocycles. The van der Waals surface area contributed by atoms with Crippen molar-refractivity contribution in [2.24, 2.45) is 0 Å². The Morgan fingerprint density at radius 3 is 2.27 bits per heavy atom. The lowest BCUT2D eigenvalue weighted by Gasteiger charge is -2.16. The molecule has 1 fully saturated rings. The molecule has 1 aliphatic carbocycles. The van der Waals surface area contributed by atoms with Crippen molar-refractivity contribution in [2.75, 3.05) is 0 Å². The van der Waals surface area contributed by atoms with E-state index in [0.29, 0.717) is 22.4 Å². The van der Waals surface area contributed by atoms with Crippen molar-refractivity contribution >= 4 is 26.5 Å². The Kier molecular flexibility index (Phi) is 5.38. The zero-order valence-electron chi connectivity index (χ0n) is 17.6. The third kappa shape index (κ3) is 4.22. The summed E-state index contributed by atoms with van der Waals surface area (Å²) in [4.78, 5) is 18.4. The first kappa shape index (κ1) is 21.2. The summed E-state index contributed by atoms with van der Waals surface area (Å²) < 4.78 is 39.1. The second-order valence-electron chi connectivity index (χ2n) is 8.07. The Labute approximate surface area is 191 Å². The molecular weight excluding hydrogens is 437 g/mol. The molecule has 0 aliphatic heterocycles. The highest BCUT2D eigenvalue weighted by atomic mass is 32.2. The molecule has 1 saturated carbocycles. The van der Waals surface area contributed by atoms with Crippen LogP contribution in [-0.4, -0.2) is 19.2 Å². The topological polar surface area (TPSA) is 64.1 Å². The molecule has 4 aromatic rings. The van der Waals surface area contributed by atoms with Crippen molar-refractivity contribution in [3.63, 3.8) is 0 Å². The molecule has 6 heteroatoms. The summed E-state index contributed by atoms with van der Waals surface area (Å²) in [7, 11) is -3.78. The van der Waals surface area contributed by atoms with Crippen LogP contribution in [-0.2, 0) is 9.84 Å². The van der Waals surface area contributed by atoms with Gasteiger partial charge in [0.05, 0.1) is 21.7 Å². The summed E-state index contributed by atoms with van der Waals surface area (Å²) in [6.45, 7) is 0. The number of hydrogen-bond acceptors (Lipinski definition) is 4. The highest BCUT2D eigenvalue weighted by Crippen LogP contribution is 2.45. The van der Waals surface area contributed by atoms with Gasteiger partial charge in [0.15, 0.2) is 15.6 Å². The van der Waals surface area contributed by atoms with Gasteiger partial charge in [0.2, 0.25) is 0 Å². The normalized spacial score (nSPS) is 14.1. The second-order valence-corrected chi connectivity index (χ2v) is 9.90. The summed E-state index contributed by atoms with van der Waals surface area (Å²) in [5.41, 5.74) is 3.12. The van der Waals surface area contributed by atoms with E-state index >= 15 is 0 Å². The molecule has 0 unspecified atom stereocenters. The van der Waals surface area contributed by atoms with Gasteiger partial charge in [0.1, 0.15) is 5.82 Å². The van der Waals surface area contributed by atoms with E-state index in [1.807, 2.05) is 24.3 Å². The number of allylic oxidation sites excluding steroid dienone is 1. The summed E-state index contributed by atoms with van der Waals surface area (Å²) in [6, 6.07) is 21.4. The van der Waals surface area contributed by atoms with Crippen LogP contribution < -0.4 is 0 Å². The molecule has 0 radical (unpaired) electrons. The van der Waals surface area contributed by atoms with E-state index in [2.05, 4.69) is 0 Å². The molecule has 0 atom stereocenters. The maximum Gasteiger partial charge on any atom is 0.199 e. The van der Waals surface area contributed by atoms with Gasteiger partial charge in [-0.1, -0.05) is 48.5 Å². The molecule has 0 spiro atoms. The molecule has 1 aromatic heterocycles. The van der Waals surface area contributed by atoms with Gasteiger partial charge in [0.25, 0.3) is 0 Å². The summed E-state index contributed by atoms with van der Waals surface area (Å²) in [5, 5.41) is 1.71. The van der Waals surface area contributed by atoms with E-state index in [0.717, 1.165) is 35.2 Å². The lowest BCUT2D eigenvalue weighted by molar-refractivity contribution is 0.104.